The van der Waals surface area contributed by atoms with E-state index in [-0.39, 0.29) is 22.7 Å². The summed E-state index contributed by atoms with van der Waals surface area (Å²) in [6.07, 6.45) is 2.10. The van der Waals surface area contributed by atoms with Crippen molar-refractivity contribution in [1.82, 2.24) is 14.8 Å². The fourth-order valence-corrected chi connectivity index (χ4v) is 4.92. The van der Waals surface area contributed by atoms with Crippen LogP contribution in [0.5, 0.6) is 0 Å². The van der Waals surface area contributed by atoms with Gasteiger partial charge in [0, 0.05) is 25.4 Å². The average molecular weight is 483 g/mol. The molecule has 2 saturated heterocycles. The van der Waals surface area contributed by atoms with Crippen molar-refractivity contribution >= 4 is 39.3 Å². The maximum atomic E-state index is 12.5. The lowest BCUT2D eigenvalue weighted by Gasteiger charge is -2.28. The quantitative estimate of drug-likeness (QED) is 0.519. The first kappa shape index (κ1) is 23.0. The molecule has 3 heterocycles. The highest BCUT2D eigenvalue weighted by Gasteiger charge is 2.25. The predicted molar refractivity (Wildman–Crippen MR) is 119 cm³/mol. The van der Waals surface area contributed by atoms with E-state index >= 15 is 0 Å². The number of morpholine rings is 1. The third-order valence-corrected chi connectivity index (χ3v) is 7.06. The van der Waals surface area contributed by atoms with Crippen LogP contribution in [0.4, 0.5) is 11.6 Å². The van der Waals surface area contributed by atoms with Gasteiger partial charge in [-0.15, -0.1) is 10.2 Å². The summed E-state index contributed by atoms with van der Waals surface area (Å²) in [6.45, 7) is 4.11. The normalized spacial score (nSPS) is 19.3. The van der Waals surface area contributed by atoms with E-state index in [1.165, 1.54) is 30.0 Å². The van der Waals surface area contributed by atoms with Gasteiger partial charge in [-0.2, -0.15) is 0 Å². The molecule has 0 saturated carbocycles. The summed E-state index contributed by atoms with van der Waals surface area (Å²) in [5, 5.41) is 17.2. The van der Waals surface area contributed by atoms with Gasteiger partial charge in [0.25, 0.3) is 0 Å². The average Bonchev–Trinajstić information content (AvgIpc) is 3.43. The lowest BCUT2D eigenvalue weighted by molar-refractivity contribution is -0.113. The van der Waals surface area contributed by atoms with Crippen LogP contribution in [0.2, 0.25) is 0 Å². The van der Waals surface area contributed by atoms with E-state index in [1.54, 1.807) is 6.07 Å². The molecule has 3 N–H and O–H groups in total. The number of rotatable bonds is 8. The largest absolute Gasteiger partial charge is 0.378 e. The number of ether oxygens (including phenoxy) is 2. The minimum atomic E-state index is -3.85. The number of amides is 1. The minimum absolute atomic E-state index is 0.0607. The third kappa shape index (κ3) is 5.78. The van der Waals surface area contributed by atoms with Crippen molar-refractivity contribution in [3.63, 3.8) is 0 Å². The van der Waals surface area contributed by atoms with Gasteiger partial charge >= 0.3 is 0 Å². The van der Waals surface area contributed by atoms with E-state index in [0.29, 0.717) is 30.6 Å². The highest BCUT2D eigenvalue weighted by molar-refractivity contribution is 7.99. The number of nitrogens with two attached hydrogens (primary N) is 1. The maximum Gasteiger partial charge on any atom is 0.238 e. The molecular weight excluding hydrogens is 456 g/mol. The standard InChI is InChI=1S/C19H26N6O5S2/c20-32(27,28)16-5-1-3-14(11-16)21-17(26)13-31-19-23-22-18(24-6-9-29-10-7-24)25(19)12-15-4-2-8-30-15/h1,3,5,11,15H,2,4,6-10,12-13H2,(H,21,26)(H2,20,27,28). The molecule has 2 aliphatic heterocycles. The molecule has 1 aromatic carbocycles. The molecule has 0 radical (unpaired) electrons. The molecule has 174 valence electrons. The molecule has 0 spiro atoms. The molecular formula is C19H26N6O5S2. The van der Waals surface area contributed by atoms with Crippen LogP contribution in [-0.4, -0.2) is 73.9 Å². The Morgan fingerprint density at radius 1 is 1.25 bits per heavy atom. The molecule has 1 aromatic heterocycles. The number of nitrogens with one attached hydrogen (secondary N) is 1. The maximum absolute atomic E-state index is 12.5. The van der Waals surface area contributed by atoms with Gasteiger partial charge in [0.15, 0.2) is 5.16 Å². The van der Waals surface area contributed by atoms with Gasteiger partial charge in [-0.1, -0.05) is 17.8 Å². The minimum Gasteiger partial charge on any atom is -0.378 e. The Hall–Kier alpha value is -2.19. The SMILES string of the molecule is NS(=O)(=O)c1cccc(NC(=O)CSc2nnc(N3CCOCC3)n2CC2CCCO2)c1. The zero-order chi connectivity index (χ0) is 22.6. The van der Waals surface area contributed by atoms with Crippen LogP contribution in [0.15, 0.2) is 34.3 Å². The van der Waals surface area contributed by atoms with E-state index in [2.05, 4.69) is 20.4 Å². The number of primary sulfonamides is 1. The van der Waals surface area contributed by atoms with E-state index < -0.39 is 10.0 Å². The van der Waals surface area contributed by atoms with E-state index in [0.717, 1.165) is 38.5 Å². The smallest absolute Gasteiger partial charge is 0.238 e. The molecule has 32 heavy (non-hydrogen) atoms. The zero-order valence-electron chi connectivity index (χ0n) is 17.5. The molecule has 11 nitrogen and oxygen atoms in total. The van der Waals surface area contributed by atoms with Crippen molar-refractivity contribution < 1.29 is 22.7 Å². The molecule has 1 atom stereocenters. The Balaban J connectivity index is 1.44. The first-order valence-electron chi connectivity index (χ1n) is 10.3. The molecule has 2 aliphatic rings. The summed E-state index contributed by atoms with van der Waals surface area (Å²) in [5.41, 5.74) is 0.358. The molecule has 0 aliphatic carbocycles. The Morgan fingerprint density at radius 2 is 2.06 bits per heavy atom. The molecule has 13 heteroatoms. The number of carbonyl (C=O) groups excluding carboxylic acids is 1. The molecule has 2 aromatic rings. The van der Waals surface area contributed by atoms with Gasteiger partial charge in [-0.25, -0.2) is 13.6 Å². The molecule has 1 amide bonds. The Morgan fingerprint density at radius 3 is 2.78 bits per heavy atom. The number of benzene rings is 1. The van der Waals surface area contributed by atoms with Crippen molar-refractivity contribution in [3.8, 4) is 0 Å². The number of nitrogens with zero attached hydrogens (tertiary/aromatic N) is 4. The number of sulfonamides is 1. The van der Waals surface area contributed by atoms with Gasteiger partial charge < -0.3 is 19.7 Å². The number of hydrogen-bond donors (Lipinski definition) is 2. The lowest BCUT2D eigenvalue weighted by atomic mass is 10.2. The molecule has 1 unspecified atom stereocenters. The van der Waals surface area contributed by atoms with Crippen molar-refractivity contribution in [2.24, 2.45) is 5.14 Å². The number of thioether (sulfide) groups is 1. The second kappa shape index (κ2) is 10.2. The van der Waals surface area contributed by atoms with Gasteiger partial charge in [-0.3, -0.25) is 9.36 Å². The van der Waals surface area contributed by atoms with Crippen LogP contribution in [0.25, 0.3) is 0 Å². The summed E-state index contributed by atoms with van der Waals surface area (Å²) in [7, 11) is -3.85. The van der Waals surface area contributed by atoms with E-state index in [1.807, 2.05) is 4.57 Å². The van der Waals surface area contributed by atoms with Crippen LogP contribution in [0.1, 0.15) is 12.8 Å². The van der Waals surface area contributed by atoms with Crippen molar-refractivity contribution in [3.05, 3.63) is 24.3 Å². The molecule has 2 fully saturated rings. The van der Waals surface area contributed by atoms with E-state index in [4.69, 9.17) is 14.6 Å². The van der Waals surface area contributed by atoms with Crippen LogP contribution in [0, 0.1) is 0 Å². The Labute approximate surface area is 190 Å². The van der Waals surface area contributed by atoms with Crippen LogP contribution in [0.3, 0.4) is 0 Å². The van der Waals surface area contributed by atoms with Crippen molar-refractivity contribution in [2.45, 2.75) is 35.5 Å². The molecule has 4 rings (SSSR count). The molecule has 0 bridgehead atoms. The Kier molecular flexibility index (Phi) is 7.30. The fourth-order valence-electron chi connectivity index (χ4n) is 3.61. The van der Waals surface area contributed by atoms with E-state index in [9.17, 15) is 13.2 Å². The summed E-state index contributed by atoms with van der Waals surface area (Å²) in [6, 6.07) is 5.83. The number of hydrogen-bond acceptors (Lipinski definition) is 9. The van der Waals surface area contributed by atoms with Gasteiger partial charge in [0.2, 0.25) is 21.9 Å². The Bertz CT molecular complexity index is 1050. The topological polar surface area (TPSA) is 142 Å². The van der Waals surface area contributed by atoms with Crippen LogP contribution in [-0.2, 0) is 30.8 Å². The summed E-state index contributed by atoms with van der Waals surface area (Å²) in [4.78, 5) is 14.6. The highest BCUT2D eigenvalue weighted by atomic mass is 32.2. The monoisotopic (exact) mass is 482 g/mol. The first-order valence-corrected chi connectivity index (χ1v) is 12.9. The summed E-state index contributed by atoms with van der Waals surface area (Å²) >= 11 is 1.27. The van der Waals surface area contributed by atoms with Gasteiger partial charge in [-0.05, 0) is 31.0 Å². The number of carbonyl (C=O) groups is 1. The summed E-state index contributed by atoms with van der Waals surface area (Å²) in [5.74, 6) is 0.556. The van der Waals surface area contributed by atoms with Crippen molar-refractivity contribution in [1.29, 1.82) is 0 Å². The second-order valence-corrected chi connectivity index (χ2v) is 10.0. The fraction of sp³-hybridized carbons (Fsp3) is 0.526. The van der Waals surface area contributed by atoms with Gasteiger partial charge in [0.1, 0.15) is 0 Å². The van der Waals surface area contributed by atoms with Crippen molar-refractivity contribution in [2.75, 3.05) is 48.9 Å². The number of aromatic nitrogens is 3. The summed E-state index contributed by atoms with van der Waals surface area (Å²) < 4.78 is 36.3. The highest BCUT2D eigenvalue weighted by Crippen LogP contribution is 2.26. The van der Waals surface area contributed by atoms with Crippen LogP contribution < -0.4 is 15.4 Å². The number of anilines is 2. The predicted octanol–water partition coefficient (Wildman–Crippen LogP) is 0.672. The van der Waals surface area contributed by atoms with Gasteiger partial charge in [0.05, 0.1) is 36.5 Å². The third-order valence-electron chi connectivity index (χ3n) is 5.18. The zero-order valence-corrected chi connectivity index (χ0v) is 19.1. The second-order valence-electron chi connectivity index (χ2n) is 7.54. The lowest BCUT2D eigenvalue weighted by Crippen LogP contribution is -2.38. The first-order chi connectivity index (χ1) is 15.4. The van der Waals surface area contributed by atoms with Crippen LogP contribution >= 0.6 is 11.8 Å².